The molecule has 1 heterocycles. The van der Waals surface area contributed by atoms with E-state index in [1.807, 2.05) is 6.92 Å². The van der Waals surface area contributed by atoms with E-state index in [4.69, 9.17) is 0 Å². The summed E-state index contributed by atoms with van der Waals surface area (Å²) in [5, 5.41) is 0. The summed E-state index contributed by atoms with van der Waals surface area (Å²) >= 11 is 0. The number of unbranched alkanes of at least 4 members (excludes halogenated alkanes) is 7. The molecule has 0 aliphatic rings. The normalized spacial score (nSPS) is 11.0. The average molecular weight is 294 g/mol. The average Bonchev–Trinajstić information content (AvgIpc) is 2.48. The summed E-state index contributed by atoms with van der Waals surface area (Å²) in [6.45, 7) is 5.48. The number of hydrogen-bond acceptors (Lipinski definition) is 2. The van der Waals surface area contributed by atoms with Gasteiger partial charge in [-0.25, -0.2) is 4.79 Å². The van der Waals surface area contributed by atoms with Crippen molar-refractivity contribution in [1.82, 2.24) is 9.13 Å². The van der Waals surface area contributed by atoms with Gasteiger partial charge in [0.1, 0.15) is 0 Å². The lowest BCUT2D eigenvalue weighted by atomic mass is 10.1. The number of nitrogens with zero attached hydrogens (tertiary/aromatic N) is 2. The van der Waals surface area contributed by atoms with Gasteiger partial charge in [0, 0.05) is 25.4 Å². The van der Waals surface area contributed by atoms with E-state index in [0.29, 0.717) is 13.1 Å². The zero-order chi connectivity index (χ0) is 15.5. The smallest absolute Gasteiger partial charge is 0.300 e. The van der Waals surface area contributed by atoms with Crippen molar-refractivity contribution in [3.8, 4) is 0 Å². The molecule has 1 aromatic heterocycles. The highest BCUT2D eigenvalue weighted by molar-refractivity contribution is 4.86. The van der Waals surface area contributed by atoms with Crippen LogP contribution in [0.3, 0.4) is 0 Å². The summed E-state index contributed by atoms with van der Waals surface area (Å²) < 4.78 is 3.01. The van der Waals surface area contributed by atoms with Crippen LogP contribution in [0.4, 0.5) is 0 Å². The second kappa shape index (κ2) is 10.4. The van der Waals surface area contributed by atoms with E-state index in [-0.39, 0.29) is 11.2 Å². The van der Waals surface area contributed by atoms with Gasteiger partial charge in [0.15, 0.2) is 0 Å². The quantitative estimate of drug-likeness (QED) is 0.586. The number of hydrogen-bond donors (Lipinski definition) is 0. The maximum Gasteiger partial charge on any atom is 0.330 e. The second-order valence-electron chi connectivity index (χ2n) is 5.76. The largest absolute Gasteiger partial charge is 0.330 e. The molecule has 0 saturated carbocycles. The fourth-order valence-electron chi connectivity index (χ4n) is 2.58. The first-order chi connectivity index (χ1) is 10.2. The molecule has 0 saturated heterocycles. The molecule has 0 radical (unpaired) electrons. The lowest BCUT2D eigenvalue weighted by Crippen LogP contribution is -2.39. The van der Waals surface area contributed by atoms with Crippen molar-refractivity contribution in [2.75, 3.05) is 0 Å². The summed E-state index contributed by atoms with van der Waals surface area (Å²) in [7, 11) is 0. The zero-order valence-corrected chi connectivity index (χ0v) is 13.6. The molecular formula is C17H30N2O2. The van der Waals surface area contributed by atoms with E-state index in [0.717, 1.165) is 19.3 Å². The molecule has 0 unspecified atom stereocenters. The van der Waals surface area contributed by atoms with E-state index in [9.17, 15) is 9.59 Å². The molecule has 120 valence electrons. The monoisotopic (exact) mass is 294 g/mol. The molecule has 0 N–H and O–H groups in total. The fourth-order valence-corrected chi connectivity index (χ4v) is 2.58. The van der Waals surface area contributed by atoms with E-state index < -0.39 is 0 Å². The van der Waals surface area contributed by atoms with Crippen molar-refractivity contribution < 1.29 is 0 Å². The van der Waals surface area contributed by atoms with Crippen LogP contribution in [0, 0.1) is 0 Å². The first-order valence-electron chi connectivity index (χ1n) is 8.51. The molecule has 0 aliphatic carbocycles. The highest BCUT2D eigenvalue weighted by atomic mass is 16.2. The Labute approximate surface area is 127 Å². The van der Waals surface area contributed by atoms with Crippen LogP contribution in [0.25, 0.3) is 0 Å². The van der Waals surface area contributed by atoms with Crippen molar-refractivity contribution in [1.29, 1.82) is 0 Å². The first kappa shape index (κ1) is 17.7. The van der Waals surface area contributed by atoms with Crippen LogP contribution in [0.1, 0.15) is 71.6 Å². The molecule has 0 aromatic carbocycles. The standard InChI is InChI=1S/C17H30N2O2/c1-3-5-6-7-8-9-10-11-14-19-16(20)12-15-18(13-4-2)17(19)21/h12,15H,3-11,13-14H2,1-2H3. The Morgan fingerprint density at radius 1 is 0.810 bits per heavy atom. The zero-order valence-electron chi connectivity index (χ0n) is 13.6. The maximum atomic E-state index is 12.1. The van der Waals surface area contributed by atoms with Crippen molar-refractivity contribution in [2.45, 2.75) is 84.7 Å². The third kappa shape index (κ3) is 6.32. The van der Waals surface area contributed by atoms with Crippen molar-refractivity contribution in [3.05, 3.63) is 33.1 Å². The van der Waals surface area contributed by atoms with Gasteiger partial charge in [0.05, 0.1) is 0 Å². The molecule has 0 spiro atoms. The highest BCUT2D eigenvalue weighted by Crippen LogP contribution is 2.08. The second-order valence-corrected chi connectivity index (χ2v) is 5.76. The minimum absolute atomic E-state index is 0.160. The molecule has 0 amide bonds. The third-order valence-electron chi connectivity index (χ3n) is 3.84. The van der Waals surface area contributed by atoms with Crippen LogP contribution in [-0.2, 0) is 13.1 Å². The van der Waals surface area contributed by atoms with Crippen LogP contribution < -0.4 is 11.2 Å². The van der Waals surface area contributed by atoms with Crippen LogP contribution in [0.5, 0.6) is 0 Å². The lowest BCUT2D eigenvalue weighted by Gasteiger charge is -2.08. The van der Waals surface area contributed by atoms with Crippen LogP contribution in [0.2, 0.25) is 0 Å². The Morgan fingerprint density at radius 2 is 1.43 bits per heavy atom. The molecule has 0 atom stereocenters. The maximum absolute atomic E-state index is 12.1. The Balaban J connectivity index is 2.36. The Kier molecular flexibility index (Phi) is 8.79. The summed E-state index contributed by atoms with van der Waals surface area (Å²) in [5.74, 6) is 0. The van der Waals surface area contributed by atoms with Gasteiger partial charge in [-0.1, -0.05) is 58.8 Å². The topological polar surface area (TPSA) is 44.0 Å². The van der Waals surface area contributed by atoms with Gasteiger partial charge >= 0.3 is 5.69 Å². The van der Waals surface area contributed by atoms with Crippen molar-refractivity contribution in [3.63, 3.8) is 0 Å². The Morgan fingerprint density at radius 3 is 2.05 bits per heavy atom. The molecule has 4 heteroatoms. The number of rotatable bonds is 11. The van der Waals surface area contributed by atoms with Gasteiger partial charge in [-0.15, -0.1) is 0 Å². The first-order valence-corrected chi connectivity index (χ1v) is 8.51. The summed E-state index contributed by atoms with van der Waals surface area (Å²) in [6, 6.07) is 1.50. The van der Waals surface area contributed by atoms with Gasteiger partial charge in [0.2, 0.25) is 0 Å². The molecule has 4 nitrogen and oxygen atoms in total. The van der Waals surface area contributed by atoms with Crippen LogP contribution in [0.15, 0.2) is 21.9 Å². The number of aromatic nitrogens is 2. The summed E-state index contributed by atoms with van der Waals surface area (Å²) in [5.41, 5.74) is -0.331. The molecule has 0 aliphatic heterocycles. The minimum Gasteiger partial charge on any atom is -0.300 e. The van der Waals surface area contributed by atoms with E-state index >= 15 is 0 Å². The molecule has 21 heavy (non-hydrogen) atoms. The van der Waals surface area contributed by atoms with Gasteiger partial charge in [-0.2, -0.15) is 0 Å². The van der Waals surface area contributed by atoms with Crippen molar-refractivity contribution in [2.24, 2.45) is 0 Å². The summed E-state index contributed by atoms with van der Waals surface area (Å²) in [4.78, 5) is 23.9. The van der Waals surface area contributed by atoms with E-state index in [1.54, 1.807) is 10.8 Å². The van der Waals surface area contributed by atoms with E-state index in [1.165, 1.54) is 49.2 Å². The van der Waals surface area contributed by atoms with Crippen LogP contribution in [-0.4, -0.2) is 9.13 Å². The SMILES string of the molecule is CCCCCCCCCCn1c(=O)ccn(CCC)c1=O. The van der Waals surface area contributed by atoms with Crippen molar-refractivity contribution >= 4 is 0 Å². The lowest BCUT2D eigenvalue weighted by molar-refractivity contribution is 0.501. The van der Waals surface area contributed by atoms with Crippen LogP contribution >= 0.6 is 0 Å². The minimum atomic E-state index is -0.171. The molecular weight excluding hydrogens is 264 g/mol. The summed E-state index contributed by atoms with van der Waals surface area (Å²) in [6.07, 6.45) is 12.2. The van der Waals surface area contributed by atoms with Gasteiger partial charge in [-0.05, 0) is 12.8 Å². The Hall–Kier alpha value is -1.32. The van der Waals surface area contributed by atoms with Gasteiger partial charge < -0.3 is 4.57 Å². The molecule has 0 bridgehead atoms. The number of aryl methyl sites for hydroxylation is 1. The molecule has 1 aromatic rings. The third-order valence-corrected chi connectivity index (χ3v) is 3.84. The highest BCUT2D eigenvalue weighted by Gasteiger charge is 2.04. The molecule has 0 fully saturated rings. The fraction of sp³-hybridized carbons (Fsp3) is 0.765. The van der Waals surface area contributed by atoms with Gasteiger partial charge in [-0.3, -0.25) is 9.36 Å². The predicted octanol–water partition coefficient (Wildman–Crippen LogP) is 3.56. The van der Waals surface area contributed by atoms with Gasteiger partial charge in [0.25, 0.3) is 5.56 Å². The predicted molar refractivity (Wildman–Crippen MR) is 87.9 cm³/mol. The molecule has 1 rings (SSSR count). The Bertz CT molecular complexity index is 502. The van der Waals surface area contributed by atoms with E-state index in [2.05, 4.69) is 6.92 Å².